The summed E-state index contributed by atoms with van der Waals surface area (Å²) in [4.78, 5) is 28.7. The smallest absolute Gasteiger partial charge is 0.264 e. The number of rotatable bonds is 9. The largest absolute Gasteiger partial charge is 0.350 e. The maximum absolute atomic E-state index is 14.0. The Balaban J connectivity index is 2.03. The second kappa shape index (κ2) is 12.0. The molecule has 0 aliphatic carbocycles. The summed E-state index contributed by atoms with van der Waals surface area (Å²) >= 11 is 0. The van der Waals surface area contributed by atoms with E-state index in [2.05, 4.69) is 5.32 Å². The van der Waals surface area contributed by atoms with Crippen LogP contribution in [0.25, 0.3) is 0 Å². The number of carbonyl (C=O) groups is 2. The molecule has 0 radical (unpaired) electrons. The molecule has 0 saturated carbocycles. The summed E-state index contributed by atoms with van der Waals surface area (Å²) in [6.45, 7) is 12.7. The SMILES string of the molecule is Cc1ccc(N(CC(=O)N(Cc2cccc(C)c2)[C@H](C)C(=O)NC(C)(C)C)S(=O)(=O)c2ccc(C)cc2)cc1. The summed E-state index contributed by atoms with van der Waals surface area (Å²) in [5.74, 6) is -0.795. The number of sulfonamides is 1. The van der Waals surface area contributed by atoms with Gasteiger partial charge in [-0.05, 0) is 78.3 Å². The lowest BCUT2D eigenvalue weighted by molar-refractivity contribution is -0.140. The summed E-state index contributed by atoms with van der Waals surface area (Å²) < 4.78 is 28.8. The summed E-state index contributed by atoms with van der Waals surface area (Å²) in [6.07, 6.45) is 0. The van der Waals surface area contributed by atoms with E-state index in [0.29, 0.717) is 5.69 Å². The topological polar surface area (TPSA) is 86.8 Å². The normalized spacial score (nSPS) is 12.5. The average Bonchev–Trinajstić information content (AvgIpc) is 2.85. The molecule has 0 heterocycles. The fourth-order valence-corrected chi connectivity index (χ4v) is 5.56. The number of amides is 2. The monoisotopic (exact) mass is 549 g/mol. The van der Waals surface area contributed by atoms with Crippen molar-refractivity contribution in [2.45, 2.75) is 71.5 Å². The Morgan fingerprint density at radius 1 is 0.846 bits per heavy atom. The van der Waals surface area contributed by atoms with Crippen molar-refractivity contribution >= 4 is 27.5 Å². The van der Waals surface area contributed by atoms with Crippen LogP contribution in [0.15, 0.2) is 77.7 Å². The molecule has 208 valence electrons. The number of hydrogen-bond donors (Lipinski definition) is 1. The van der Waals surface area contributed by atoms with Crippen molar-refractivity contribution in [3.05, 3.63) is 95.1 Å². The molecule has 0 fully saturated rings. The highest BCUT2D eigenvalue weighted by Crippen LogP contribution is 2.25. The molecule has 0 unspecified atom stereocenters. The zero-order valence-electron chi connectivity index (χ0n) is 23.9. The maximum atomic E-state index is 14.0. The maximum Gasteiger partial charge on any atom is 0.264 e. The van der Waals surface area contributed by atoms with Crippen LogP contribution in [-0.2, 0) is 26.2 Å². The molecule has 0 spiro atoms. The number of benzene rings is 3. The van der Waals surface area contributed by atoms with Gasteiger partial charge in [0.2, 0.25) is 11.8 Å². The number of nitrogens with one attached hydrogen (secondary N) is 1. The van der Waals surface area contributed by atoms with E-state index in [1.54, 1.807) is 55.5 Å². The Morgan fingerprint density at radius 2 is 1.41 bits per heavy atom. The third-order valence-corrected chi connectivity index (χ3v) is 8.10. The molecule has 1 N–H and O–H groups in total. The highest BCUT2D eigenvalue weighted by atomic mass is 32.2. The van der Waals surface area contributed by atoms with Gasteiger partial charge in [-0.15, -0.1) is 0 Å². The van der Waals surface area contributed by atoms with Crippen LogP contribution in [0.4, 0.5) is 5.69 Å². The van der Waals surface area contributed by atoms with Gasteiger partial charge in [0.15, 0.2) is 0 Å². The Hall–Kier alpha value is -3.65. The number of hydrogen-bond acceptors (Lipinski definition) is 4. The molecule has 1 atom stereocenters. The van der Waals surface area contributed by atoms with Crippen molar-refractivity contribution in [1.82, 2.24) is 10.2 Å². The predicted molar refractivity (Wildman–Crippen MR) is 156 cm³/mol. The Kier molecular flexibility index (Phi) is 9.22. The van der Waals surface area contributed by atoms with Crippen molar-refractivity contribution in [2.24, 2.45) is 0 Å². The molecular weight excluding hydrogens is 510 g/mol. The van der Waals surface area contributed by atoms with Crippen LogP contribution in [0.3, 0.4) is 0 Å². The quantitative estimate of drug-likeness (QED) is 0.401. The van der Waals surface area contributed by atoms with Gasteiger partial charge in [0.1, 0.15) is 12.6 Å². The van der Waals surface area contributed by atoms with E-state index in [9.17, 15) is 18.0 Å². The first-order valence-electron chi connectivity index (χ1n) is 13.0. The van der Waals surface area contributed by atoms with E-state index in [-0.39, 0.29) is 17.3 Å². The molecule has 0 aromatic heterocycles. The van der Waals surface area contributed by atoms with Crippen LogP contribution in [0.1, 0.15) is 49.9 Å². The fourth-order valence-electron chi connectivity index (χ4n) is 4.14. The first-order valence-corrected chi connectivity index (χ1v) is 14.4. The minimum absolute atomic E-state index is 0.0882. The van der Waals surface area contributed by atoms with Gasteiger partial charge < -0.3 is 10.2 Å². The molecule has 0 aliphatic heterocycles. The van der Waals surface area contributed by atoms with Crippen molar-refractivity contribution in [1.29, 1.82) is 0 Å². The second-order valence-electron chi connectivity index (χ2n) is 11.1. The Morgan fingerprint density at radius 3 is 1.95 bits per heavy atom. The van der Waals surface area contributed by atoms with E-state index >= 15 is 0 Å². The van der Waals surface area contributed by atoms with Crippen LogP contribution in [0.5, 0.6) is 0 Å². The number of anilines is 1. The van der Waals surface area contributed by atoms with Gasteiger partial charge in [-0.3, -0.25) is 13.9 Å². The molecule has 0 aliphatic rings. The van der Waals surface area contributed by atoms with Crippen LogP contribution < -0.4 is 9.62 Å². The summed E-state index contributed by atoms with van der Waals surface area (Å²) in [7, 11) is -4.08. The minimum atomic E-state index is -4.08. The van der Waals surface area contributed by atoms with Crippen molar-refractivity contribution in [2.75, 3.05) is 10.8 Å². The van der Waals surface area contributed by atoms with Crippen LogP contribution in [0, 0.1) is 20.8 Å². The third-order valence-electron chi connectivity index (χ3n) is 6.31. The van der Waals surface area contributed by atoms with Crippen molar-refractivity contribution < 1.29 is 18.0 Å². The molecule has 2 amide bonds. The standard InChI is InChI=1S/C31H39N3O4S/c1-22-11-15-27(16-12-22)34(39(37,38)28-17-13-23(2)14-18-28)21-29(35)33(20-26-10-8-9-24(3)19-26)25(4)30(36)32-31(5,6)7/h8-19,25H,20-21H2,1-7H3,(H,32,36)/t25-/m1/s1. The van der Waals surface area contributed by atoms with Gasteiger partial charge in [-0.2, -0.15) is 0 Å². The molecule has 3 aromatic carbocycles. The van der Waals surface area contributed by atoms with Crippen LogP contribution in [-0.4, -0.2) is 43.3 Å². The fraction of sp³-hybridized carbons (Fsp3) is 0.355. The molecule has 39 heavy (non-hydrogen) atoms. The predicted octanol–water partition coefficient (Wildman–Crippen LogP) is 5.14. The van der Waals surface area contributed by atoms with Crippen LogP contribution in [0.2, 0.25) is 0 Å². The summed E-state index contributed by atoms with van der Waals surface area (Å²) in [5.41, 5.74) is 3.64. The van der Waals surface area contributed by atoms with E-state index in [1.807, 2.05) is 65.8 Å². The highest BCUT2D eigenvalue weighted by Gasteiger charge is 2.33. The molecule has 3 rings (SSSR count). The number of nitrogens with zero attached hydrogens (tertiary/aromatic N) is 2. The molecular formula is C31H39N3O4S. The molecule has 0 bridgehead atoms. The van der Waals surface area contributed by atoms with E-state index in [0.717, 1.165) is 26.6 Å². The number of carbonyl (C=O) groups excluding carboxylic acids is 2. The van der Waals surface area contributed by atoms with Gasteiger partial charge in [0.25, 0.3) is 10.0 Å². The second-order valence-corrected chi connectivity index (χ2v) is 12.9. The zero-order chi connectivity index (χ0) is 29.0. The zero-order valence-corrected chi connectivity index (χ0v) is 24.7. The summed E-state index contributed by atoms with van der Waals surface area (Å²) in [6, 6.07) is 20.4. The lowest BCUT2D eigenvalue weighted by Gasteiger charge is -2.33. The third kappa shape index (κ3) is 7.93. The lowest BCUT2D eigenvalue weighted by atomic mass is 10.1. The van der Waals surface area contributed by atoms with E-state index < -0.39 is 34.1 Å². The van der Waals surface area contributed by atoms with Crippen molar-refractivity contribution in [3.63, 3.8) is 0 Å². The van der Waals surface area contributed by atoms with Crippen molar-refractivity contribution in [3.8, 4) is 0 Å². The molecule has 3 aromatic rings. The highest BCUT2D eigenvalue weighted by molar-refractivity contribution is 7.92. The minimum Gasteiger partial charge on any atom is -0.350 e. The van der Waals surface area contributed by atoms with E-state index in [4.69, 9.17) is 0 Å². The first kappa shape index (κ1) is 29.9. The van der Waals surface area contributed by atoms with E-state index in [1.165, 1.54) is 4.90 Å². The van der Waals surface area contributed by atoms with Crippen LogP contribution >= 0.6 is 0 Å². The van der Waals surface area contributed by atoms with Gasteiger partial charge in [0, 0.05) is 12.1 Å². The number of aryl methyl sites for hydroxylation is 3. The lowest BCUT2D eigenvalue weighted by Crippen LogP contribution is -2.54. The first-order chi connectivity index (χ1) is 18.2. The van der Waals surface area contributed by atoms with Gasteiger partial charge in [0.05, 0.1) is 10.6 Å². The molecule has 8 heteroatoms. The Labute approximate surface area is 232 Å². The summed E-state index contributed by atoms with van der Waals surface area (Å²) in [5, 5.41) is 2.94. The van der Waals surface area contributed by atoms with Gasteiger partial charge >= 0.3 is 0 Å². The average molecular weight is 550 g/mol. The van der Waals surface area contributed by atoms with Gasteiger partial charge in [-0.25, -0.2) is 8.42 Å². The Bertz CT molecular complexity index is 1410. The molecule has 7 nitrogen and oxygen atoms in total. The van der Waals surface area contributed by atoms with Gasteiger partial charge in [-0.1, -0.05) is 65.2 Å². The molecule has 0 saturated heterocycles.